The highest BCUT2D eigenvalue weighted by atomic mass is 19.1. The smallest absolute Gasteiger partial charge is 0.165 e. The second-order valence-electron chi connectivity index (χ2n) is 6.02. The number of hydrogen-bond acceptors (Lipinski definition) is 6. The van der Waals surface area contributed by atoms with E-state index in [1.807, 2.05) is 13.8 Å². The summed E-state index contributed by atoms with van der Waals surface area (Å²) in [6.45, 7) is 3.95. The Morgan fingerprint density at radius 1 is 0.962 bits per heavy atom. The molecule has 0 bridgehead atoms. The molecule has 0 aliphatic heterocycles. The van der Waals surface area contributed by atoms with Crippen molar-refractivity contribution in [2.45, 2.75) is 19.9 Å². The van der Waals surface area contributed by atoms with Crippen LogP contribution < -0.4 is 16.4 Å². The van der Waals surface area contributed by atoms with Crippen molar-refractivity contribution in [2.24, 2.45) is 0 Å². The average Bonchev–Trinajstić information content (AvgIpc) is 2.53. The quantitative estimate of drug-likeness (QED) is 0.641. The maximum absolute atomic E-state index is 13.4. The van der Waals surface area contributed by atoms with Crippen LogP contribution in [0.25, 0.3) is 11.4 Å². The first-order chi connectivity index (χ1) is 12.4. The van der Waals surface area contributed by atoms with Crippen LogP contribution >= 0.6 is 0 Å². The fourth-order valence-electron chi connectivity index (χ4n) is 2.32. The van der Waals surface area contributed by atoms with Gasteiger partial charge in [0.05, 0.1) is 0 Å². The molecule has 3 aromatic rings. The van der Waals surface area contributed by atoms with Gasteiger partial charge in [-0.15, -0.1) is 0 Å². The largest absolute Gasteiger partial charge is 0.384 e. The molecular weight excluding hydrogens is 338 g/mol. The zero-order valence-electron chi connectivity index (χ0n) is 14.3. The number of rotatable bonds is 5. The van der Waals surface area contributed by atoms with Crippen LogP contribution in [0.3, 0.4) is 0 Å². The van der Waals surface area contributed by atoms with Gasteiger partial charge in [-0.2, -0.15) is 0 Å². The van der Waals surface area contributed by atoms with E-state index in [2.05, 4.69) is 25.6 Å². The molecule has 0 saturated heterocycles. The second kappa shape index (κ2) is 7.30. The van der Waals surface area contributed by atoms with Crippen molar-refractivity contribution >= 4 is 23.1 Å². The summed E-state index contributed by atoms with van der Waals surface area (Å²) < 4.78 is 26.8. The van der Waals surface area contributed by atoms with E-state index < -0.39 is 11.6 Å². The zero-order chi connectivity index (χ0) is 18.7. The summed E-state index contributed by atoms with van der Waals surface area (Å²) in [6.07, 6.45) is 1.56. The normalized spacial score (nSPS) is 10.8. The van der Waals surface area contributed by atoms with Crippen molar-refractivity contribution < 1.29 is 8.78 Å². The highest BCUT2D eigenvalue weighted by Gasteiger charge is 2.10. The van der Waals surface area contributed by atoms with Crippen molar-refractivity contribution in [2.75, 3.05) is 16.4 Å². The van der Waals surface area contributed by atoms with Gasteiger partial charge in [0, 0.05) is 35.6 Å². The first kappa shape index (κ1) is 17.5. The number of anilines is 4. The molecule has 0 radical (unpaired) electrons. The van der Waals surface area contributed by atoms with Gasteiger partial charge in [0.1, 0.15) is 29.1 Å². The van der Waals surface area contributed by atoms with Gasteiger partial charge < -0.3 is 16.4 Å². The van der Waals surface area contributed by atoms with Gasteiger partial charge in [-0.25, -0.2) is 23.7 Å². The molecule has 0 fully saturated rings. The third-order valence-electron chi connectivity index (χ3n) is 3.34. The van der Waals surface area contributed by atoms with E-state index in [0.717, 1.165) is 6.07 Å². The molecular formula is C18H18F2N6. The highest BCUT2D eigenvalue weighted by Crippen LogP contribution is 2.24. The molecule has 6 nitrogen and oxygen atoms in total. The van der Waals surface area contributed by atoms with Gasteiger partial charge in [-0.05, 0) is 38.1 Å². The Bertz CT molecular complexity index is 892. The molecule has 0 amide bonds. The monoisotopic (exact) mass is 356 g/mol. The minimum atomic E-state index is -0.676. The fourth-order valence-corrected chi connectivity index (χ4v) is 2.32. The summed E-state index contributed by atoms with van der Waals surface area (Å²) in [5.74, 6) is 0.401. The lowest BCUT2D eigenvalue weighted by Crippen LogP contribution is -2.12. The Morgan fingerprint density at radius 3 is 2.27 bits per heavy atom. The minimum Gasteiger partial charge on any atom is -0.384 e. The molecule has 0 aliphatic carbocycles. The zero-order valence-corrected chi connectivity index (χ0v) is 14.3. The predicted octanol–water partition coefficient (Wildman–Crippen LogP) is 3.96. The van der Waals surface area contributed by atoms with Gasteiger partial charge in [0.2, 0.25) is 0 Å². The van der Waals surface area contributed by atoms with Crippen molar-refractivity contribution in [3.63, 3.8) is 0 Å². The fraction of sp³-hybridized carbons (Fsp3) is 0.167. The molecule has 0 atom stereocenters. The number of halogens is 2. The molecule has 0 unspecified atom stereocenters. The number of nitrogens with one attached hydrogen (secondary N) is 2. The molecule has 1 aromatic carbocycles. The lowest BCUT2D eigenvalue weighted by Gasteiger charge is -2.13. The molecule has 4 N–H and O–H groups in total. The Morgan fingerprint density at radius 2 is 1.65 bits per heavy atom. The van der Waals surface area contributed by atoms with Crippen molar-refractivity contribution in [3.8, 4) is 11.4 Å². The van der Waals surface area contributed by atoms with Crippen molar-refractivity contribution in [1.82, 2.24) is 15.0 Å². The van der Waals surface area contributed by atoms with Crippen molar-refractivity contribution in [3.05, 3.63) is 54.2 Å². The molecule has 2 aromatic heterocycles. The molecule has 0 saturated carbocycles. The standard InChI is InChI=1S/C18H18F2N6/c1-10(2)23-16-8-17(24-14-6-12(19)5-13(20)7-14)26-18(25-16)11-3-4-15(21)22-9-11/h3-10H,1-2H3,(H2,21,22)(H2,23,24,25,26). The number of nitrogen functional groups attached to an aromatic ring is 1. The number of benzene rings is 1. The molecule has 0 spiro atoms. The molecule has 8 heteroatoms. The average molecular weight is 356 g/mol. The molecule has 134 valence electrons. The van der Waals surface area contributed by atoms with Crippen LogP contribution in [-0.2, 0) is 0 Å². The Hall–Kier alpha value is -3.29. The first-order valence-electron chi connectivity index (χ1n) is 8.00. The van der Waals surface area contributed by atoms with E-state index in [4.69, 9.17) is 5.73 Å². The third-order valence-corrected chi connectivity index (χ3v) is 3.34. The summed E-state index contributed by atoms with van der Waals surface area (Å²) in [4.78, 5) is 12.9. The number of hydrogen-bond donors (Lipinski definition) is 3. The second-order valence-corrected chi connectivity index (χ2v) is 6.02. The van der Waals surface area contributed by atoms with Gasteiger partial charge in [0.15, 0.2) is 5.82 Å². The predicted molar refractivity (Wildman–Crippen MR) is 98.1 cm³/mol. The molecule has 3 rings (SSSR count). The van der Waals surface area contributed by atoms with Gasteiger partial charge in [-0.1, -0.05) is 0 Å². The van der Waals surface area contributed by atoms with Crippen molar-refractivity contribution in [1.29, 1.82) is 0 Å². The van der Waals surface area contributed by atoms with E-state index >= 15 is 0 Å². The maximum atomic E-state index is 13.4. The van der Waals surface area contributed by atoms with Crippen LogP contribution in [0, 0.1) is 11.6 Å². The first-order valence-corrected chi connectivity index (χ1v) is 8.00. The highest BCUT2D eigenvalue weighted by molar-refractivity contribution is 5.65. The third kappa shape index (κ3) is 4.41. The van der Waals surface area contributed by atoms with Gasteiger partial charge in [-0.3, -0.25) is 0 Å². The van der Waals surface area contributed by atoms with Gasteiger partial charge >= 0.3 is 0 Å². The summed E-state index contributed by atoms with van der Waals surface area (Å²) >= 11 is 0. The van der Waals surface area contributed by atoms with E-state index in [9.17, 15) is 8.78 Å². The van der Waals surface area contributed by atoms with Crippen LogP contribution in [0.1, 0.15) is 13.8 Å². The van der Waals surface area contributed by atoms with Crippen LogP contribution in [0.15, 0.2) is 42.6 Å². The summed E-state index contributed by atoms with van der Waals surface area (Å²) in [7, 11) is 0. The summed E-state index contributed by atoms with van der Waals surface area (Å²) in [5, 5.41) is 6.10. The summed E-state index contributed by atoms with van der Waals surface area (Å²) in [6, 6.07) is 8.39. The Balaban J connectivity index is 2.00. The van der Waals surface area contributed by atoms with E-state index in [1.165, 1.54) is 12.1 Å². The van der Waals surface area contributed by atoms with E-state index in [0.29, 0.717) is 28.8 Å². The minimum absolute atomic E-state index is 0.141. The number of pyridine rings is 1. The topological polar surface area (TPSA) is 88.8 Å². The molecule has 2 heterocycles. The Kier molecular flexibility index (Phi) is 4.92. The maximum Gasteiger partial charge on any atom is 0.165 e. The molecule has 26 heavy (non-hydrogen) atoms. The molecule has 0 aliphatic rings. The number of nitrogens with two attached hydrogens (primary N) is 1. The number of nitrogens with zero attached hydrogens (tertiary/aromatic N) is 3. The van der Waals surface area contributed by atoms with E-state index in [-0.39, 0.29) is 11.7 Å². The number of aromatic nitrogens is 3. The SMILES string of the molecule is CC(C)Nc1cc(Nc2cc(F)cc(F)c2)nc(-c2ccc(N)nc2)n1. The summed E-state index contributed by atoms with van der Waals surface area (Å²) in [5.41, 5.74) is 6.53. The van der Waals surface area contributed by atoms with Gasteiger partial charge in [0.25, 0.3) is 0 Å². The van der Waals surface area contributed by atoms with Crippen LogP contribution in [0.5, 0.6) is 0 Å². The lowest BCUT2D eigenvalue weighted by atomic mass is 10.2. The van der Waals surface area contributed by atoms with Crippen LogP contribution in [0.4, 0.5) is 31.9 Å². The lowest BCUT2D eigenvalue weighted by molar-refractivity contribution is 0.584. The van der Waals surface area contributed by atoms with Crippen LogP contribution in [0.2, 0.25) is 0 Å². The Labute approximate surface area is 149 Å². The van der Waals surface area contributed by atoms with E-state index in [1.54, 1.807) is 24.4 Å². The van der Waals surface area contributed by atoms with Crippen LogP contribution in [-0.4, -0.2) is 21.0 Å².